The van der Waals surface area contributed by atoms with Crippen LogP contribution in [-0.2, 0) is 0 Å². The van der Waals surface area contributed by atoms with E-state index in [1.54, 1.807) is 0 Å². The number of anilines is 1. The predicted octanol–water partition coefficient (Wildman–Crippen LogP) is 3.15. The molecule has 6 heteroatoms. The molecule has 0 aliphatic heterocycles. The number of fused-ring (bicyclic) bond motifs is 1. The van der Waals surface area contributed by atoms with Gasteiger partial charge in [0.15, 0.2) is 22.6 Å². The number of hydrogen-bond donors (Lipinski definition) is 1. The molecule has 1 aromatic heterocycles. The highest BCUT2D eigenvalue weighted by atomic mass is 32.1. The summed E-state index contributed by atoms with van der Waals surface area (Å²) in [5.74, 6) is -3.90. The van der Waals surface area contributed by atoms with E-state index in [2.05, 4.69) is 10.3 Å². The zero-order valence-corrected chi connectivity index (χ0v) is 8.59. The van der Waals surface area contributed by atoms with Gasteiger partial charge in [-0.3, -0.25) is 0 Å². The van der Waals surface area contributed by atoms with Crippen molar-refractivity contribution in [3.8, 4) is 0 Å². The van der Waals surface area contributed by atoms with E-state index < -0.39 is 17.5 Å². The van der Waals surface area contributed by atoms with E-state index in [-0.39, 0.29) is 5.52 Å². The number of nitrogens with one attached hydrogen (secondary N) is 1. The molecule has 0 bridgehead atoms. The summed E-state index contributed by atoms with van der Waals surface area (Å²) in [6.07, 6.45) is 0. The summed E-state index contributed by atoms with van der Waals surface area (Å²) < 4.78 is 39.2. The van der Waals surface area contributed by atoms with Crippen LogP contribution in [0.3, 0.4) is 0 Å². The van der Waals surface area contributed by atoms with Crippen molar-refractivity contribution in [2.45, 2.75) is 6.92 Å². The highest BCUT2D eigenvalue weighted by molar-refractivity contribution is 7.22. The van der Waals surface area contributed by atoms with Gasteiger partial charge in [0.05, 0.1) is 4.70 Å². The Bertz CT molecular complexity index is 510. The lowest BCUT2D eigenvalue weighted by Crippen LogP contribution is -1.95. The van der Waals surface area contributed by atoms with Crippen molar-refractivity contribution < 1.29 is 13.2 Å². The summed E-state index contributed by atoms with van der Waals surface area (Å²) in [5.41, 5.74) is -0.130. The Labute approximate surface area is 87.7 Å². The van der Waals surface area contributed by atoms with E-state index >= 15 is 0 Å². The van der Waals surface area contributed by atoms with Crippen LogP contribution in [0, 0.1) is 17.5 Å². The first-order valence-corrected chi connectivity index (χ1v) is 5.13. The fourth-order valence-electron chi connectivity index (χ4n) is 1.20. The second kappa shape index (κ2) is 3.69. The van der Waals surface area contributed by atoms with Crippen LogP contribution in [0.15, 0.2) is 6.07 Å². The van der Waals surface area contributed by atoms with Crippen molar-refractivity contribution in [3.63, 3.8) is 0 Å². The zero-order chi connectivity index (χ0) is 11.0. The van der Waals surface area contributed by atoms with Crippen LogP contribution in [0.25, 0.3) is 10.2 Å². The van der Waals surface area contributed by atoms with Gasteiger partial charge in [-0.15, -0.1) is 0 Å². The van der Waals surface area contributed by atoms with Gasteiger partial charge in [-0.1, -0.05) is 11.3 Å². The van der Waals surface area contributed by atoms with Crippen molar-refractivity contribution in [2.24, 2.45) is 0 Å². The molecule has 2 rings (SSSR count). The van der Waals surface area contributed by atoms with Gasteiger partial charge < -0.3 is 5.32 Å². The van der Waals surface area contributed by atoms with Crippen LogP contribution in [0.4, 0.5) is 18.3 Å². The van der Waals surface area contributed by atoms with Crippen molar-refractivity contribution in [1.29, 1.82) is 0 Å². The number of hydrogen-bond acceptors (Lipinski definition) is 3. The average Bonchev–Trinajstić information content (AvgIpc) is 2.58. The van der Waals surface area contributed by atoms with Crippen molar-refractivity contribution in [3.05, 3.63) is 23.5 Å². The van der Waals surface area contributed by atoms with Gasteiger partial charge in [0.2, 0.25) is 0 Å². The lowest BCUT2D eigenvalue weighted by Gasteiger charge is -1.94. The van der Waals surface area contributed by atoms with Crippen LogP contribution >= 0.6 is 11.3 Å². The van der Waals surface area contributed by atoms with Crippen LogP contribution in [0.1, 0.15) is 6.92 Å². The maximum Gasteiger partial charge on any atom is 0.196 e. The molecule has 15 heavy (non-hydrogen) atoms. The smallest absolute Gasteiger partial charge is 0.196 e. The molecule has 80 valence electrons. The number of aromatic nitrogens is 1. The largest absolute Gasteiger partial charge is 0.362 e. The molecule has 0 saturated carbocycles. The minimum absolute atomic E-state index is 0.130. The fraction of sp³-hybridized carbons (Fsp3) is 0.222. The molecule has 0 aliphatic rings. The quantitative estimate of drug-likeness (QED) is 0.804. The van der Waals surface area contributed by atoms with Gasteiger partial charge in [-0.25, -0.2) is 18.2 Å². The molecule has 2 nitrogen and oxygen atoms in total. The van der Waals surface area contributed by atoms with E-state index in [9.17, 15) is 13.2 Å². The first kappa shape index (κ1) is 10.2. The van der Waals surface area contributed by atoms with Crippen molar-refractivity contribution in [1.82, 2.24) is 4.98 Å². The van der Waals surface area contributed by atoms with Gasteiger partial charge in [0.25, 0.3) is 0 Å². The summed E-state index contributed by atoms with van der Waals surface area (Å²) in [5, 5.41) is 3.31. The van der Waals surface area contributed by atoms with Crippen molar-refractivity contribution >= 4 is 26.7 Å². The highest BCUT2D eigenvalue weighted by Crippen LogP contribution is 2.30. The Morgan fingerprint density at radius 3 is 2.73 bits per heavy atom. The second-order valence-corrected chi connectivity index (χ2v) is 3.91. The molecule has 0 aliphatic carbocycles. The number of benzene rings is 1. The van der Waals surface area contributed by atoms with Gasteiger partial charge in [0.1, 0.15) is 5.52 Å². The second-order valence-electron chi connectivity index (χ2n) is 2.88. The van der Waals surface area contributed by atoms with Crippen LogP contribution in [0.2, 0.25) is 0 Å². The predicted molar refractivity (Wildman–Crippen MR) is 53.7 cm³/mol. The maximum absolute atomic E-state index is 13.2. The van der Waals surface area contributed by atoms with E-state index in [1.165, 1.54) is 0 Å². The molecule has 2 aromatic rings. The lowest BCUT2D eigenvalue weighted by molar-refractivity contribution is 0.453. The molecule has 1 heterocycles. The Kier molecular flexibility index (Phi) is 2.52. The Hall–Kier alpha value is -1.30. The number of rotatable bonds is 2. The third-order valence-corrected chi connectivity index (χ3v) is 2.81. The zero-order valence-electron chi connectivity index (χ0n) is 7.77. The summed E-state index contributed by atoms with van der Waals surface area (Å²) in [6.45, 7) is 2.47. The van der Waals surface area contributed by atoms with E-state index in [0.717, 1.165) is 17.4 Å². The van der Waals surface area contributed by atoms with Crippen LogP contribution in [-0.4, -0.2) is 11.5 Å². The molecular formula is C9H7F3N2S. The van der Waals surface area contributed by atoms with Crippen LogP contribution in [0.5, 0.6) is 0 Å². The Balaban J connectivity index is 2.65. The summed E-state index contributed by atoms with van der Waals surface area (Å²) in [4.78, 5) is 3.83. The fourth-order valence-corrected chi connectivity index (χ4v) is 2.16. The molecule has 0 unspecified atom stereocenters. The van der Waals surface area contributed by atoms with E-state index in [1.807, 2.05) is 6.92 Å². The molecule has 0 radical (unpaired) electrons. The summed E-state index contributed by atoms with van der Waals surface area (Å²) >= 11 is 1.09. The molecule has 0 atom stereocenters. The summed E-state index contributed by atoms with van der Waals surface area (Å²) in [6, 6.07) is 0.951. The number of halogens is 3. The standard InChI is InChI=1S/C9H7F3N2S/c1-2-13-9-14-8-5(15-9)3-4(10)6(11)7(8)12/h3H,2H2,1H3,(H,13,14). The van der Waals surface area contributed by atoms with Crippen LogP contribution < -0.4 is 5.32 Å². The Morgan fingerprint density at radius 2 is 2.07 bits per heavy atom. The monoisotopic (exact) mass is 232 g/mol. The third-order valence-electron chi connectivity index (χ3n) is 1.85. The molecule has 0 fully saturated rings. The van der Waals surface area contributed by atoms with Gasteiger partial charge in [0, 0.05) is 6.54 Å². The van der Waals surface area contributed by atoms with Crippen molar-refractivity contribution in [2.75, 3.05) is 11.9 Å². The first-order chi connectivity index (χ1) is 7.13. The lowest BCUT2D eigenvalue weighted by atomic mass is 10.3. The first-order valence-electron chi connectivity index (χ1n) is 4.31. The van der Waals surface area contributed by atoms with Gasteiger partial charge >= 0.3 is 0 Å². The number of thiazole rings is 1. The molecule has 0 spiro atoms. The molecular weight excluding hydrogens is 225 g/mol. The average molecular weight is 232 g/mol. The van der Waals surface area contributed by atoms with E-state index in [4.69, 9.17) is 0 Å². The molecule has 1 N–H and O–H groups in total. The van der Waals surface area contributed by atoms with Gasteiger partial charge in [-0.05, 0) is 13.0 Å². The topological polar surface area (TPSA) is 24.9 Å². The summed E-state index contributed by atoms with van der Waals surface area (Å²) in [7, 11) is 0. The van der Waals surface area contributed by atoms with E-state index in [0.29, 0.717) is 16.4 Å². The molecule has 1 aromatic carbocycles. The normalized spacial score (nSPS) is 10.9. The van der Waals surface area contributed by atoms with Gasteiger partial charge in [-0.2, -0.15) is 0 Å². The minimum Gasteiger partial charge on any atom is -0.362 e. The molecule has 0 saturated heterocycles. The third kappa shape index (κ3) is 1.65. The SMILES string of the molecule is CCNc1nc2c(F)c(F)c(F)cc2s1. The number of nitrogens with zero attached hydrogens (tertiary/aromatic N) is 1. The molecule has 0 amide bonds. The minimum atomic E-state index is -1.48. The highest BCUT2D eigenvalue weighted by Gasteiger charge is 2.16. The maximum atomic E-state index is 13.2. The Morgan fingerprint density at radius 1 is 1.33 bits per heavy atom.